The van der Waals surface area contributed by atoms with Crippen LogP contribution in [0.3, 0.4) is 0 Å². The van der Waals surface area contributed by atoms with Gasteiger partial charge >= 0.3 is 0 Å². The zero-order valence-corrected chi connectivity index (χ0v) is 24.1. The minimum absolute atomic E-state index is 0.974. The lowest BCUT2D eigenvalue weighted by Crippen LogP contribution is -2.17. The third kappa shape index (κ3) is 6.47. The summed E-state index contributed by atoms with van der Waals surface area (Å²) in [5, 5.41) is 0. The number of hydrogen-bond acceptors (Lipinski definition) is 0. The van der Waals surface area contributed by atoms with E-state index in [0.717, 1.165) is 25.7 Å². The van der Waals surface area contributed by atoms with Gasteiger partial charge in [0.25, 0.3) is 0 Å². The van der Waals surface area contributed by atoms with E-state index in [1.165, 1.54) is 42.3 Å². The molecule has 156 valence electrons. The normalized spacial score (nSPS) is 13.6. The molecular weight excluding hydrogens is 528 g/mol. The van der Waals surface area contributed by atoms with Crippen LogP contribution in [0.5, 0.6) is 0 Å². The molecule has 6 rings (SSSR count). The molecule has 0 spiro atoms. The van der Waals surface area contributed by atoms with Crippen LogP contribution in [0.4, 0.5) is 0 Å². The largest absolute Gasteiger partial charge is 0.129 e. The van der Waals surface area contributed by atoms with E-state index in [0.29, 0.717) is 0 Å². The second-order valence-electron chi connectivity index (χ2n) is 10.2. The molecule has 4 heteroatoms. The highest BCUT2D eigenvalue weighted by Gasteiger charge is 2.16. The SMILES string of the molecule is C[Si](C)(C)C#Cc1cc2c(C#C[Si](C)(C)C)cc1CCc1cc(Br)c(cc1Br)CC2. The Morgan fingerprint density at radius 2 is 0.900 bits per heavy atom. The second kappa shape index (κ2) is 9.21. The molecule has 0 amide bonds. The van der Waals surface area contributed by atoms with Crippen molar-refractivity contribution in [2.75, 3.05) is 0 Å². The number of rotatable bonds is 0. The van der Waals surface area contributed by atoms with Crippen LogP contribution in [-0.2, 0) is 25.7 Å². The van der Waals surface area contributed by atoms with E-state index in [-0.39, 0.29) is 0 Å². The van der Waals surface area contributed by atoms with Gasteiger partial charge in [-0.3, -0.25) is 0 Å². The van der Waals surface area contributed by atoms with Crippen molar-refractivity contribution < 1.29 is 0 Å². The Balaban J connectivity index is 2.17. The van der Waals surface area contributed by atoms with Crippen LogP contribution >= 0.6 is 31.9 Å². The second-order valence-corrected chi connectivity index (χ2v) is 21.4. The zero-order valence-electron chi connectivity index (χ0n) is 18.9. The maximum atomic E-state index is 3.80. The van der Waals surface area contributed by atoms with Gasteiger partial charge in [-0.05, 0) is 72.2 Å². The van der Waals surface area contributed by atoms with Crippen molar-refractivity contribution in [1.29, 1.82) is 0 Å². The van der Waals surface area contributed by atoms with Gasteiger partial charge in [-0.25, -0.2) is 0 Å². The predicted molar refractivity (Wildman–Crippen MR) is 144 cm³/mol. The Kier molecular flexibility index (Phi) is 7.25. The fraction of sp³-hybridized carbons (Fsp3) is 0.385. The van der Waals surface area contributed by atoms with Crippen LogP contribution in [0, 0.1) is 22.9 Å². The Labute approximate surface area is 201 Å². The van der Waals surface area contributed by atoms with E-state index in [1.54, 1.807) is 0 Å². The molecule has 0 unspecified atom stereocenters. The topological polar surface area (TPSA) is 0 Å². The molecule has 0 aromatic heterocycles. The molecular formula is C26H30Br2Si2. The molecule has 2 aromatic carbocycles. The maximum absolute atomic E-state index is 3.80. The third-order valence-corrected chi connectivity index (χ3v) is 8.24. The summed E-state index contributed by atoms with van der Waals surface area (Å²) >= 11 is 7.60. The van der Waals surface area contributed by atoms with Gasteiger partial charge in [0.1, 0.15) is 16.1 Å². The van der Waals surface area contributed by atoms with Crippen LogP contribution in [-0.4, -0.2) is 16.1 Å². The fourth-order valence-electron chi connectivity index (χ4n) is 3.40. The van der Waals surface area contributed by atoms with E-state index in [2.05, 4.69) is 118 Å². The van der Waals surface area contributed by atoms with Crippen LogP contribution in [0.25, 0.3) is 0 Å². The molecule has 0 saturated carbocycles. The molecule has 4 bridgehead atoms. The highest BCUT2D eigenvalue weighted by Crippen LogP contribution is 2.30. The molecule has 0 radical (unpaired) electrons. The number of benzene rings is 2. The summed E-state index contributed by atoms with van der Waals surface area (Å²) in [6, 6.07) is 9.25. The standard InChI is InChI=1S/C26H30Br2Si2/c1-29(2,3)13-11-21-15-20-8-10-24-18-25(27)23(17-26(24)28)9-7-19(21)16-22(20)12-14-30(4,5)6/h15-18H,7-10H2,1-6H3. The van der Waals surface area contributed by atoms with Crippen LogP contribution < -0.4 is 0 Å². The predicted octanol–water partition coefficient (Wildman–Crippen LogP) is 7.55. The lowest BCUT2D eigenvalue weighted by atomic mass is 9.90. The molecule has 0 atom stereocenters. The van der Waals surface area contributed by atoms with Crippen LogP contribution in [0.2, 0.25) is 39.3 Å². The number of aryl methyl sites for hydroxylation is 4. The Morgan fingerprint density at radius 1 is 0.567 bits per heavy atom. The van der Waals surface area contributed by atoms with Gasteiger partial charge in [0.05, 0.1) is 0 Å². The van der Waals surface area contributed by atoms with Gasteiger partial charge in [-0.2, -0.15) is 0 Å². The highest BCUT2D eigenvalue weighted by atomic mass is 79.9. The number of hydrogen-bond donors (Lipinski definition) is 0. The molecule has 4 aliphatic carbocycles. The molecule has 0 heterocycles. The van der Waals surface area contributed by atoms with E-state index in [1.807, 2.05) is 0 Å². The summed E-state index contributed by atoms with van der Waals surface area (Å²) in [6.07, 6.45) is 3.92. The van der Waals surface area contributed by atoms with Crippen LogP contribution in [0.1, 0.15) is 33.4 Å². The Bertz CT molecular complexity index is 1010. The minimum atomic E-state index is -1.44. The molecule has 0 aliphatic heterocycles. The summed E-state index contributed by atoms with van der Waals surface area (Å²) in [5.41, 5.74) is 14.9. The van der Waals surface area contributed by atoms with Gasteiger partial charge in [0, 0.05) is 20.1 Å². The number of halogens is 2. The van der Waals surface area contributed by atoms with Crippen molar-refractivity contribution in [3.63, 3.8) is 0 Å². The van der Waals surface area contributed by atoms with E-state index in [4.69, 9.17) is 0 Å². The lowest BCUT2D eigenvalue weighted by molar-refractivity contribution is 0.906. The average molecular weight is 559 g/mol. The van der Waals surface area contributed by atoms with Gasteiger partial charge in [0.15, 0.2) is 0 Å². The van der Waals surface area contributed by atoms with Crippen LogP contribution in [0.15, 0.2) is 33.2 Å². The van der Waals surface area contributed by atoms with Gasteiger partial charge in [0.2, 0.25) is 0 Å². The zero-order chi connectivity index (χ0) is 22.1. The van der Waals surface area contributed by atoms with Crippen molar-refractivity contribution in [3.05, 3.63) is 66.6 Å². The van der Waals surface area contributed by atoms with Crippen molar-refractivity contribution in [1.82, 2.24) is 0 Å². The van der Waals surface area contributed by atoms with Gasteiger partial charge in [-0.15, -0.1) is 11.1 Å². The lowest BCUT2D eigenvalue weighted by Gasteiger charge is -2.17. The maximum Gasteiger partial charge on any atom is 0.129 e. The summed E-state index contributed by atoms with van der Waals surface area (Å²) < 4.78 is 2.42. The van der Waals surface area contributed by atoms with E-state index < -0.39 is 16.1 Å². The van der Waals surface area contributed by atoms with Crippen molar-refractivity contribution in [2.45, 2.75) is 65.0 Å². The fourth-order valence-corrected chi connectivity index (χ4v) is 5.59. The molecule has 0 fully saturated rings. The van der Waals surface area contributed by atoms with E-state index in [9.17, 15) is 0 Å². The highest BCUT2D eigenvalue weighted by molar-refractivity contribution is 9.11. The average Bonchev–Trinajstić information content (AvgIpc) is 2.62. The Hall–Kier alpha value is -1.05. The van der Waals surface area contributed by atoms with E-state index >= 15 is 0 Å². The Morgan fingerprint density at radius 3 is 1.23 bits per heavy atom. The molecule has 30 heavy (non-hydrogen) atoms. The van der Waals surface area contributed by atoms with Gasteiger partial charge in [-0.1, -0.05) is 83.0 Å². The molecule has 0 N–H and O–H groups in total. The molecule has 0 nitrogen and oxygen atoms in total. The smallest absolute Gasteiger partial charge is 0.127 e. The third-order valence-electron chi connectivity index (χ3n) is 5.02. The quantitative estimate of drug-likeness (QED) is 0.231. The van der Waals surface area contributed by atoms with Gasteiger partial charge < -0.3 is 0 Å². The first-order valence-electron chi connectivity index (χ1n) is 10.6. The first kappa shape index (κ1) is 23.6. The first-order valence-corrected chi connectivity index (χ1v) is 19.2. The first-order chi connectivity index (χ1) is 13.9. The molecule has 4 aliphatic rings. The summed E-state index contributed by atoms with van der Waals surface area (Å²) in [7, 11) is -2.88. The minimum Gasteiger partial charge on any atom is -0.127 e. The summed E-state index contributed by atoms with van der Waals surface area (Å²) in [5.74, 6) is 7.13. The summed E-state index contributed by atoms with van der Waals surface area (Å²) in [6.45, 7) is 13.8. The molecule has 0 saturated heterocycles. The van der Waals surface area contributed by atoms with Crippen molar-refractivity contribution in [3.8, 4) is 22.9 Å². The van der Waals surface area contributed by atoms with Crippen molar-refractivity contribution >= 4 is 48.0 Å². The van der Waals surface area contributed by atoms with Crippen molar-refractivity contribution in [2.24, 2.45) is 0 Å². The summed E-state index contributed by atoms with van der Waals surface area (Å²) in [4.78, 5) is 0. The molecule has 2 aromatic rings. The monoisotopic (exact) mass is 556 g/mol.